The molecule has 5 nitrogen and oxygen atoms in total. The molecule has 0 bridgehead atoms. The van der Waals surface area contributed by atoms with E-state index in [-0.39, 0.29) is 5.69 Å². The second-order valence-electron chi connectivity index (χ2n) is 2.47. The average Bonchev–Trinajstić information content (AvgIpc) is 2.17. The number of nitrogens with one attached hydrogen (secondary N) is 1. The molecule has 0 atom stereocenters. The molecule has 0 saturated heterocycles. The highest BCUT2D eigenvalue weighted by atomic mass is 16.5. The topological polar surface area (TPSA) is 64.1 Å². The zero-order valence-electron chi connectivity index (χ0n) is 7.79. The standard InChI is InChI=1S/C8H11N3O2/c1-5-6(9-2)4-7(11-10-5)8(12)13-3/h4H,1-3H3,(H,9,11). The lowest BCUT2D eigenvalue weighted by atomic mass is 10.3. The Labute approximate surface area is 76.1 Å². The maximum absolute atomic E-state index is 11.0. The molecule has 1 aromatic rings. The normalized spacial score (nSPS) is 9.46. The summed E-state index contributed by atoms with van der Waals surface area (Å²) in [5.41, 5.74) is 1.73. The van der Waals surface area contributed by atoms with Gasteiger partial charge in [0.1, 0.15) is 0 Å². The van der Waals surface area contributed by atoms with Crippen LogP contribution in [0.15, 0.2) is 6.07 Å². The number of rotatable bonds is 2. The number of hydrogen-bond acceptors (Lipinski definition) is 5. The Hall–Kier alpha value is -1.65. The van der Waals surface area contributed by atoms with Gasteiger partial charge in [-0.3, -0.25) is 0 Å². The summed E-state index contributed by atoms with van der Waals surface area (Å²) in [5, 5.41) is 10.4. The molecular weight excluding hydrogens is 170 g/mol. The lowest BCUT2D eigenvalue weighted by Gasteiger charge is -2.04. The van der Waals surface area contributed by atoms with Gasteiger partial charge in [-0.05, 0) is 13.0 Å². The van der Waals surface area contributed by atoms with Crippen LogP contribution in [-0.4, -0.2) is 30.3 Å². The van der Waals surface area contributed by atoms with Crippen molar-refractivity contribution in [3.8, 4) is 0 Å². The molecule has 1 heterocycles. The van der Waals surface area contributed by atoms with E-state index in [9.17, 15) is 4.79 Å². The Morgan fingerprint density at radius 3 is 2.77 bits per heavy atom. The first-order valence-corrected chi connectivity index (χ1v) is 3.79. The Kier molecular flexibility index (Phi) is 2.79. The van der Waals surface area contributed by atoms with Gasteiger partial charge in [0.25, 0.3) is 0 Å². The average molecular weight is 181 g/mol. The van der Waals surface area contributed by atoms with Crippen molar-refractivity contribution >= 4 is 11.7 Å². The van der Waals surface area contributed by atoms with Gasteiger partial charge < -0.3 is 10.1 Å². The van der Waals surface area contributed by atoms with E-state index in [4.69, 9.17) is 0 Å². The molecule has 0 fully saturated rings. The first kappa shape index (κ1) is 9.44. The zero-order valence-corrected chi connectivity index (χ0v) is 7.79. The van der Waals surface area contributed by atoms with Crippen LogP contribution in [0.3, 0.4) is 0 Å². The summed E-state index contributed by atoms with van der Waals surface area (Å²) in [4.78, 5) is 11.0. The highest BCUT2D eigenvalue weighted by molar-refractivity contribution is 5.88. The van der Waals surface area contributed by atoms with Crippen molar-refractivity contribution in [2.24, 2.45) is 0 Å². The predicted octanol–water partition coefficient (Wildman–Crippen LogP) is 0.613. The smallest absolute Gasteiger partial charge is 0.358 e. The van der Waals surface area contributed by atoms with Gasteiger partial charge in [0, 0.05) is 7.05 Å². The van der Waals surface area contributed by atoms with Crippen molar-refractivity contribution in [3.05, 3.63) is 17.5 Å². The quantitative estimate of drug-likeness (QED) is 0.677. The van der Waals surface area contributed by atoms with Crippen LogP contribution < -0.4 is 5.32 Å². The molecular formula is C8H11N3O2. The Morgan fingerprint density at radius 2 is 2.23 bits per heavy atom. The van der Waals surface area contributed by atoms with Crippen LogP contribution in [0.5, 0.6) is 0 Å². The summed E-state index contributed by atoms with van der Waals surface area (Å²) in [6, 6.07) is 1.61. The van der Waals surface area contributed by atoms with Crippen LogP contribution in [0.4, 0.5) is 5.69 Å². The molecule has 0 amide bonds. The third kappa shape index (κ3) is 1.93. The summed E-state index contributed by atoms with van der Waals surface area (Å²) < 4.78 is 4.51. The number of hydrogen-bond donors (Lipinski definition) is 1. The van der Waals surface area contributed by atoms with Gasteiger partial charge >= 0.3 is 5.97 Å². The molecule has 0 radical (unpaired) electrons. The third-order valence-corrected chi connectivity index (χ3v) is 1.64. The first-order chi connectivity index (χ1) is 6.19. The number of methoxy groups -OCH3 is 1. The summed E-state index contributed by atoms with van der Waals surface area (Å²) in [7, 11) is 3.06. The van der Waals surface area contributed by atoms with E-state index in [0.29, 0.717) is 0 Å². The molecule has 1 aromatic heterocycles. The van der Waals surface area contributed by atoms with Crippen molar-refractivity contribution in [3.63, 3.8) is 0 Å². The van der Waals surface area contributed by atoms with Gasteiger partial charge in [-0.2, -0.15) is 5.10 Å². The largest absolute Gasteiger partial charge is 0.464 e. The highest BCUT2D eigenvalue weighted by Gasteiger charge is 2.09. The number of carbonyl (C=O) groups excluding carboxylic acids is 1. The fraction of sp³-hybridized carbons (Fsp3) is 0.375. The van der Waals surface area contributed by atoms with Crippen molar-refractivity contribution < 1.29 is 9.53 Å². The fourth-order valence-corrected chi connectivity index (χ4v) is 0.910. The minimum atomic E-state index is -0.482. The summed E-state index contributed by atoms with van der Waals surface area (Å²) in [6.45, 7) is 1.81. The van der Waals surface area contributed by atoms with E-state index in [1.54, 1.807) is 20.0 Å². The minimum absolute atomic E-state index is 0.206. The molecule has 1 N–H and O–H groups in total. The number of nitrogens with zero attached hydrogens (tertiary/aromatic N) is 2. The lowest BCUT2D eigenvalue weighted by Crippen LogP contribution is -2.08. The Bertz CT molecular complexity index is 325. The monoisotopic (exact) mass is 181 g/mol. The SMILES string of the molecule is CNc1cc(C(=O)OC)nnc1C. The lowest BCUT2D eigenvalue weighted by molar-refractivity contribution is 0.0592. The first-order valence-electron chi connectivity index (χ1n) is 3.79. The van der Waals surface area contributed by atoms with E-state index < -0.39 is 5.97 Å². The fourth-order valence-electron chi connectivity index (χ4n) is 0.910. The summed E-state index contributed by atoms with van der Waals surface area (Å²) >= 11 is 0. The molecule has 0 aromatic carbocycles. The number of aryl methyl sites for hydroxylation is 1. The summed E-state index contributed by atoms with van der Waals surface area (Å²) in [6.07, 6.45) is 0. The Balaban J connectivity index is 3.06. The molecule has 0 saturated carbocycles. The molecule has 13 heavy (non-hydrogen) atoms. The maximum atomic E-state index is 11.0. The van der Waals surface area contributed by atoms with E-state index in [0.717, 1.165) is 11.4 Å². The van der Waals surface area contributed by atoms with E-state index in [1.165, 1.54) is 7.11 Å². The second-order valence-corrected chi connectivity index (χ2v) is 2.47. The van der Waals surface area contributed by atoms with Gasteiger partial charge in [0.15, 0.2) is 5.69 Å². The van der Waals surface area contributed by atoms with Crippen LogP contribution in [0.25, 0.3) is 0 Å². The molecule has 70 valence electrons. The molecule has 0 spiro atoms. The minimum Gasteiger partial charge on any atom is -0.464 e. The van der Waals surface area contributed by atoms with Gasteiger partial charge in [0.05, 0.1) is 18.5 Å². The molecule has 0 aliphatic rings. The number of ether oxygens (including phenoxy) is 1. The van der Waals surface area contributed by atoms with Crippen molar-refractivity contribution in [2.75, 3.05) is 19.5 Å². The third-order valence-electron chi connectivity index (χ3n) is 1.64. The number of esters is 1. The zero-order chi connectivity index (χ0) is 9.84. The highest BCUT2D eigenvalue weighted by Crippen LogP contribution is 2.11. The molecule has 0 aliphatic heterocycles. The van der Waals surface area contributed by atoms with Gasteiger partial charge in [-0.15, -0.1) is 5.10 Å². The van der Waals surface area contributed by atoms with Crippen LogP contribution >= 0.6 is 0 Å². The van der Waals surface area contributed by atoms with Gasteiger partial charge in [-0.1, -0.05) is 0 Å². The van der Waals surface area contributed by atoms with Crippen molar-refractivity contribution in [1.29, 1.82) is 0 Å². The van der Waals surface area contributed by atoms with Gasteiger partial charge in [-0.25, -0.2) is 4.79 Å². The Morgan fingerprint density at radius 1 is 1.54 bits per heavy atom. The molecule has 0 unspecified atom stereocenters. The van der Waals surface area contributed by atoms with Gasteiger partial charge in [0.2, 0.25) is 0 Å². The van der Waals surface area contributed by atoms with Crippen LogP contribution in [0, 0.1) is 6.92 Å². The number of carbonyl (C=O) groups is 1. The maximum Gasteiger partial charge on any atom is 0.358 e. The van der Waals surface area contributed by atoms with Crippen LogP contribution in [0.2, 0.25) is 0 Å². The number of aromatic nitrogens is 2. The molecule has 1 rings (SSSR count). The van der Waals surface area contributed by atoms with Crippen LogP contribution in [-0.2, 0) is 4.74 Å². The van der Waals surface area contributed by atoms with Crippen LogP contribution in [0.1, 0.15) is 16.2 Å². The second kappa shape index (κ2) is 3.84. The predicted molar refractivity (Wildman–Crippen MR) is 47.7 cm³/mol. The van der Waals surface area contributed by atoms with Crippen molar-refractivity contribution in [2.45, 2.75) is 6.92 Å². The van der Waals surface area contributed by atoms with E-state index in [2.05, 4.69) is 20.3 Å². The molecule has 0 aliphatic carbocycles. The molecule has 5 heteroatoms. The van der Waals surface area contributed by atoms with E-state index in [1.807, 2.05) is 0 Å². The number of anilines is 1. The van der Waals surface area contributed by atoms with E-state index >= 15 is 0 Å². The van der Waals surface area contributed by atoms with Crippen molar-refractivity contribution in [1.82, 2.24) is 10.2 Å². The summed E-state index contributed by atoms with van der Waals surface area (Å²) in [5.74, 6) is -0.482.